The number of piperidine rings is 1. The molecule has 1 amide bonds. The molecule has 1 aliphatic heterocycles. The van der Waals surface area contributed by atoms with E-state index in [4.69, 9.17) is 4.74 Å². The van der Waals surface area contributed by atoms with Crippen molar-refractivity contribution in [1.82, 2.24) is 19.6 Å². The number of para-hydroxylation sites is 1. The van der Waals surface area contributed by atoms with Crippen molar-refractivity contribution in [2.75, 3.05) is 18.4 Å². The highest BCUT2D eigenvalue weighted by Crippen LogP contribution is 2.31. The lowest BCUT2D eigenvalue weighted by Crippen LogP contribution is -2.42. The Kier molecular flexibility index (Phi) is 7.90. The third-order valence-electron chi connectivity index (χ3n) is 7.06. The van der Waals surface area contributed by atoms with E-state index in [9.17, 15) is 23.3 Å². The molecule has 12 nitrogen and oxygen atoms in total. The molecule has 214 valence electrons. The SMILES string of the molecule is CC(C)N1CCC(Nc2ccc(S(=O)(=O)NC(=O)c3ccccc3Oc3cnc4[nH]ccc4c3)cc2[N+](=O)[O-])CC1. The zero-order valence-electron chi connectivity index (χ0n) is 22.5. The van der Waals surface area contributed by atoms with Crippen LogP contribution in [0.1, 0.15) is 37.0 Å². The van der Waals surface area contributed by atoms with E-state index in [2.05, 4.69) is 34.0 Å². The quantitative estimate of drug-likeness (QED) is 0.189. The third-order valence-corrected chi connectivity index (χ3v) is 8.39. The highest BCUT2D eigenvalue weighted by Gasteiger charge is 2.27. The van der Waals surface area contributed by atoms with Gasteiger partial charge >= 0.3 is 0 Å². The summed E-state index contributed by atoms with van der Waals surface area (Å²) in [4.78, 5) is 33.5. The van der Waals surface area contributed by atoms with Crippen molar-refractivity contribution in [2.24, 2.45) is 0 Å². The van der Waals surface area contributed by atoms with E-state index in [0.29, 0.717) is 17.4 Å². The Hall–Kier alpha value is -4.49. The molecule has 0 saturated carbocycles. The highest BCUT2D eigenvalue weighted by molar-refractivity contribution is 7.90. The number of anilines is 1. The Labute approximate surface area is 236 Å². The van der Waals surface area contributed by atoms with E-state index in [1.54, 1.807) is 24.4 Å². The molecule has 1 fully saturated rings. The van der Waals surface area contributed by atoms with Crippen LogP contribution in [0.25, 0.3) is 11.0 Å². The fourth-order valence-corrected chi connectivity index (χ4v) is 5.80. The molecule has 0 bridgehead atoms. The van der Waals surface area contributed by atoms with E-state index < -0.39 is 25.7 Å². The molecule has 0 unspecified atom stereocenters. The largest absolute Gasteiger partial charge is 0.455 e. The molecule has 0 spiro atoms. The van der Waals surface area contributed by atoms with E-state index >= 15 is 0 Å². The first kappa shape index (κ1) is 28.1. The fraction of sp³-hybridized carbons (Fsp3) is 0.286. The Morgan fingerprint density at radius 2 is 1.90 bits per heavy atom. The van der Waals surface area contributed by atoms with Gasteiger partial charge in [-0.1, -0.05) is 12.1 Å². The molecule has 2 aromatic carbocycles. The van der Waals surface area contributed by atoms with Crippen molar-refractivity contribution in [3.63, 3.8) is 0 Å². The van der Waals surface area contributed by atoms with Crippen molar-refractivity contribution in [2.45, 2.75) is 43.7 Å². The predicted octanol–water partition coefficient (Wildman–Crippen LogP) is 4.67. The van der Waals surface area contributed by atoms with Crippen LogP contribution in [-0.4, -0.2) is 59.3 Å². The molecule has 4 aromatic rings. The number of nitrogens with one attached hydrogen (secondary N) is 3. The maximum atomic E-state index is 13.1. The molecule has 3 heterocycles. The summed E-state index contributed by atoms with van der Waals surface area (Å²) in [5.41, 5.74) is 0.477. The average Bonchev–Trinajstić information content (AvgIpc) is 3.41. The van der Waals surface area contributed by atoms with Crippen LogP contribution in [0, 0.1) is 10.1 Å². The van der Waals surface area contributed by atoms with Gasteiger partial charge in [-0.3, -0.25) is 14.9 Å². The number of ether oxygens (including phenoxy) is 1. The number of carbonyl (C=O) groups is 1. The lowest BCUT2D eigenvalue weighted by atomic mass is 10.0. The van der Waals surface area contributed by atoms with E-state index in [0.717, 1.165) is 37.4 Å². The van der Waals surface area contributed by atoms with Gasteiger partial charge in [0.25, 0.3) is 21.6 Å². The average molecular weight is 579 g/mol. The first-order valence-electron chi connectivity index (χ1n) is 13.2. The summed E-state index contributed by atoms with van der Waals surface area (Å²) in [5.74, 6) is -0.474. The topological polar surface area (TPSA) is 160 Å². The summed E-state index contributed by atoms with van der Waals surface area (Å²) in [5, 5.41) is 15.9. The van der Waals surface area contributed by atoms with Crippen LogP contribution in [0.2, 0.25) is 0 Å². The minimum atomic E-state index is -4.45. The molecule has 41 heavy (non-hydrogen) atoms. The zero-order chi connectivity index (χ0) is 29.1. The van der Waals surface area contributed by atoms with Gasteiger partial charge in [-0.05, 0) is 63.1 Å². The third kappa shape index (κ3) is 6.31. The summed E-state index contributed by atoms with van der Waals surface area (Å²) < 4.78 is 34.1. The lowest BCUT2D eigenvalue weighted by molar-refractivity contribution is -0.384. The maximum Gasteiger partial charge on any atom is 0.293 e. The van der Waals surface area contributed by atoms with Gasteiger partial charge in [0, 0.05) is 42.8 Å². The number of sulfonamides is 1. The van der Waals surface area contributed by atoms with Crippen molar-refractivity contribution in [3.8, 4) is 11.5 Å². The predicted molar refractivity (Wildman–Crippen MR) is 154 cm³/mol. The minimum absolute atomic E-state index is 0.0236. The van der Waals surface area contributed by atoms with Crippen LogP contribution in [0.3, 0.4) is 0 Å². The van der Waals surface area contributed by atoms with Gasteiger partial charge in [-0.2, -0.15) is 0 Å². The van der Waals surface area contributed by atoms with Gasteiger partial charge in [0.05, 0.1) is 21.6 Å². The van der Waals surface area contributed by atoms with Crippen LogP contribution in [-0.2, 0) is 10.0 Å². The summed E-state index contributed by atoms with van der Waals surface area (Å²) >= 11 is 0. The van der Waals surface area contributed by atoms with Crippen molar-refractivity contribution in [3.05, 3.63) is 82.7 Å². The Balaban J connectivity index is 1.32. The minimum Gasteiger partial charge on any atom is -0.455 e. The molecule has 1 saturated heterocycles. The molecule has 1 aliphatic rings. The second-order valence-corrected chi connectivity index (χ2v) is 11.8. The zero-order valence-corrected chi connectivity index (χ0v) is 23.3. The summed E-state index contributed by atoms with van der Waals surface area (Å²) in [7, 11) is -4.45. The Morgan fingerprint density at radius 1 is 1.15 bits per heavy atom. The summed E-state index contributed by atoms with van der Waals surface area (Å²) in [6.45, 7) is 5.99. The van der Waals surface area contributed by atoms with Crippen LogP contribution in [0.4, 0.5) is 11.4 Å². The second-order valence-electron chi connectivity index (χ2n) is 10.1. The Bertz CT molecular complexity index is 1700. The highest BCUT2D eigenvalue weighted by atomic mass is 32.2. The number of H-pyrrole nitrogens is 1. The fourth-order valence-electron chi connectivity index (χ4n) is 4.81. The van der Waals surface area contributed by atoms with E-state index in [-0.39, 0.29) is 28.7 Å². The van der Waals surface area contributed by atoms with Crippen molar-refractivity contribution in [1.29, 1.82) is 0 Å². The van der Waals surface area contributed by atoms with Crippen LogP contribution < -0.4 is 14.8 Å². The van der Waals surface area contributed by atoms with Crippen molar-refractivity contribution < 1.29 is 22.9 Å². The standard InChI is InChI=1S/C28H30N6O6S/c1-18(2)33-13-10-20(11-14-33)31-24-8-7-22(16-25(24)34(36)37)41(38,39)32-28(35)23-5-3-4-6-26(23)40-21-15-19-9-12-29-27(19)30-17-21/h3-9,12,15-18,20,31H,10-11,13-14H2,1-2H3,(H,29,30)(H,32,35). The number of hydrogen-bond donors (Lipinski definition) is 3. The number of benzene rings is 2. The van der Waals surface area contributed by atoms with Gasteiger partial charge in [0.1, 0.15) is 22.8 Å². The number of hydrogen-bond acceptors (Lipinski definition) is 9. The number of rotatable bonds is 9. The van der Waals surface area contributed by atoms with Gasteiger partial charge < -0.3 is 19.9 Å². The lowest BCUT2D eigenvalue weighted by Gasteiger charge is -2.35. The van der Waals surface area contributed by atoms with E-state index in [1.807, 2.05) is 10.8 Å². The molecule has 0 aliphatic carbocycles. The number of pyridine rings is 1. The maximum absolute atomic E-state index is 13.1. The molecular formula is C28H30N6O6S. The first-order chi connectivity index (χ1) is 19.6. The smallest absolute Gasteiger partial charge is 0.293 e. The van der Waals surface area contributed by atoms with Crippen LogP contribution >= 0.6 is 0 Å². The number of fused-ring (bicyclic) bond motifs is 1. The summed E-state index contributed by atoms with van der Waals surface area (Å²) in [6.07, 6.45) is 4.83. The molecule has 2 aromatic heterocycles. The van der Waals surface area contributed by atoms with E-state index in [1.165, 1.54) is 30.5 Å². The molecule has 0 atom stereocenters. The molecule has 13 heteroatoms. The van der Waals surface area contributed by atoms with Crippen LogP contribution in [0.15, 0.2) is 71.9 Å². The second kappa shape index (κ2) is 11.6. The monoisotopic (exact) mass is 578 g/mol. The van der Waals surface area contributed by atoms with Crippen molar-refractivity contribution >= 4 is 38.3 Å². The number of likely N-dealkylation sites (tertiary alicyclic amines) is 1. The van der Waals surface area contributed by atoms with Crippen LogP contribution in [0.5, 0.6) is 11.5 Å². The van der Waals surface area contributed by atoms with Gasteiger partial charge in [0.2, 0.25) is 0 Å². The number of carbonyl (C=O) groups excluding carboxylic acids is 1. The number of aromatic amines is 1. The van der Waals surface area contributed by atoms with Gasteiger partial charge in [0.15, 0.2) is 0 Å². The molecule has 3 N–H and O–H groups in total. The molecular weight excluding hydrogens is 548 g/mol. The van der Waals surface area contributed by atoms with Gasteiger partial charge in [-0.25, -0.2) is 18.1 Å². The first-order valence-corrected chi connectivity index (χ1v) is 14.7. The normalized spacial score (nSPS) is 14.7. The summed E-state index contributed by atoms with van der Waals surface area (Å²) in [6, 6.07) is 13.7. The Morgan fingerprint density at radius 3 is 2.63 bits per heavy atom. The number of amides is 1. The molecule has 5 rings (SSSR count). The van der Waals surface area contributed by atoms with Gasteiger partial charge in [-0.15, -0.1) is 0 Å². The molecule has 0 radical (unpaired) electrons. The number of aromatic nitrogens is 2. The number of nitrogens with zero attached hydrogens (tertiary/aromatic N) is 3. The number of nitro groups is 1. The number of nitro benzene ring substituents is 1.